The Morgan fingerprint density at radius 2 is 1.82 bits per heavy atom. The van der Waals surface area contributed by atoms with Crippen LogP contribution in [0.25, 0.3) is 0 Å². The number of alkyl halides is 1. The second kappa shape index (κ2) is 8.54. The second-order valence-electron chi connectivity index (χ2n) is 4.23. The third kappa shape index (κ3) is 5.55. The molecule has 17 heavy (non-hydrogen) atoms. The van der Waals surface area contributed by atoms with Gasteiger partial charge in [-0.15, -0.1) is 11.6 Å². The van der Waals surface area contributed by atoms with Crippen molar-refractivity contribution in [1.29, 1.82) is 0 Å². The van der Waals surface area contributed by atoms with E-state index in [2.05, 4.69) is 27.4 Å². The van der Waals surface area contributed by atoms with E-state index in [0.717, 1.165) is 19.3 Å². The first-order valence-electron chi connectivity index (χ1n) is 5.92. The Bertz CT molecular complexity index is 250. The zero-order valence-electron chi connectivity index (χ0n) is 11.5. The molecule has 0 fully saturated rings. The fraction of sp³-hybridized carbons (Fsp3) is 0.769. The summed E-state index contributed by atoms with van der Waals surface area (Å²) in [4.78, 5) is 11.0. The molecule has 0 saturated carbocycles. The van der Waals surface area contributed by atoms with E-state index in [1.54, 1.807) is 6.92 Å². The van der Waals surface area contributed by atoms with E-state index in [4.69, 9.17) is 16.3 Å². The smallest absolute Gasteiger partial charge is 0.333 e. The van der Waals surface area contributed by atoms with Gasteiger partial charge in [-0.05, 0) is 26.2 Å². The normalized spacial score (nSPS) is 12.5. The van der Waals surface area contributed by atoms with E-state index in [9.17, 15) is 4.79 Å². The van der Waals surface area contributed by atoms with Crippen LogP contribution in [0.15, 0.2) is 12.2 Å². The molecule has 3 N–H and O–H groups in total. The Morgan fingerprint density at radius 3 is 2.12 bits per heavy atom. The predicted molar refractivity (Wildman–Crippen MR) is 73.7 cm³/mol. The first kappa shape index (κ1) is 18.8. The molecular formula is C13H26ClNO2. The number of esters is 1. The molecule has 0 saturated heterocycles. The van der Waals surface area contributed by atoms with Gasteiger partial charge in [-0.2, -0.15) is 0 Å². The Kier molecular flexibility index (Phi) is 9.45. The van der Waals surface area contributed by atoms with Gasteiger partial charge >= 0.3 is 5.97 Å². The van der Waals surface area contributed by atoms with Crippen LogP contribution in [0.2, 0.25) is 0 Å². The molecule has 0 spiro atoms. The van der Waals surface area contributed by atoms with Crippen LogP contribution in [0.3, 0.4) is 0 Å². The van der Waals surface area contributed by atoms with Crippen LogP contribution in [0.4, 0.5) is 0 Å². The first-order valence-corrected chi connectivity index (χ1v) is 6.30. The number of halogens is 1. The molecule has 0 amide bonds. The zero-order valence-corrected chi connectivity index (χ0v) is 12.3. The van der Waals surface area contributed by atoms with Gasteiger partial charge in [0.25, 0.3) is 0 Å². The first-order chi connectivity index (χ1) is 7.41. The average molecular weight is 264 g/mol. The maximum Gasteiger partial charge on any atom is 0.333 e. The van der Waals surface area contributed by atoms with Crippen molar-refractivity contribution in [2.75, 3.05) is 6.61 Å². The summed E-state index contributed by atoms with van der Waals surface area (Å²) in [6.45, 7) is 11.8. The third-order valence-electron chi connectivity index (χ3n) is 3.16. The van der Waals surface area contributed by atoms with Gasteiger partial charge in [0.2, 0.25) is 0 Å². The van der Waals surface area contributed by atoms with E-state index in [1.165, 1.54) is 0 Å². The van der Waals surface area contributed by atoms with Gasteiger partial charge in [-0.1, -0.05) is 27.4 Å². The molecule has 0 rings (SSSR count). The molecule has 0 aromatic rings. The number of carbonyl (C=O) groups excluding carboxylic acids is 1. The lowest BCUT2D eigenvalue weighted by Crippen LogP contribution is -2.34. The highest BCUT2D eigenvalue weighted by molar-refractivity contribution is 6.24. The van der Waals surface area contributed by atoms with Crippen LogP contribution in [-0.2, 0) is 9.53 Å². The van der Waals surface area contributed by atoms with E-state index in [1.807, 2.05) is 0 Å². The summed E-state index contributed by atoms with van der Waals surface area (Å²) in [6, 6.07) is 0. The number of hydrogen-bond acceptors (Lipinski definition) is 3. The number of carbonyl (C=O) groups is 1. The average Bonchev–Trinajstić information content (AvgIpc) is 2.28. The van der Waals surface area contributed by atoms with E-state index in [0.29, 0.717) is 12.2 Å². The van der Waals surface area contributed by atoms with Crippen LogP contribution < -0.4 is 6.15 Å². The molecule has 0 radical (unpaired) electrons. The standard InChI is InChI=1S/C13H23ClO2.H3N/c1-6-11(13(14,7-2)8-3)9-16-12(15)10(4)5;/h11H,4,6-9H2,1-3,5H3;1H3. The fourth-order valence-electron chi connectivity index (χ4n) is 1.76. The number of ether oxygens (including phenoxy) is 1. The monoisotopic (exact) mass is 263 g/mol. The topological polar surface area (TPSA) is 61.3 Å². The minimum absolute atomic E-state index is 0. The van der Waals surface area contributed by atoms with Crippen LogP contribution in [0.1, 0.15) is 47.0 Å². The lowest BCUT2D eigenvalue weighted by molar-refractivity contribution is -0.140. The van der Waals surface area contributed by atoms with Crippen molar-refractivity contribution in [3.63, 3.8) is 0 Å². The minimum atomic E-state index is -0.329. The molecule has 3 nitrogen and oxygen atoms in total. The lowest BCUT2D eigenvalue weighted by atomic mass is 9.85. The molecule has 0 aromatic heterocycles. The number of hydrogen-bond donors (Lipinski definition) is 1. The van der Waals surface area contributed by atoms with E-state index in [-0.39, 0.29) is 22.9 Å². The maximum atomic E-state index is 11.3. The van der Waals surface area contributed by atoms with Gasteiger partial charge in [0, 0.05) is 11.5 Å². The second-order valence-corrected chi connectivity index (χ2v) is 4.98. The maximum absolute atomic E-state index is 11.3. The summed E-state index contributed by atoms with van der Waals surface area (Å²) in [5, 5.41) is 0. The minimum Gasteiger partial charge on any atom is -0.462 e. The summed E-state index contributed by atoms with van der Waals surface area (Å²) in [5.74, 6) is -0.128. The summed E-state index contributed by atoms with van der Waals surface area (Å²) in [5.41, 5.74) is 0.433. The van der Waals surface area contributed by atoms with Gasteiger partial charge in [0.15, 0.2) is 0 Å². The van der Waals surface area contributed by atoms with Crippen molar-refractivity contribution < 1.29 is 9.53 Å². The third-order valence-corrected chi connectivity index (χ3v) is 4.01. The highest BCUT2D eigenvalue weighted by Gasteiger charge is 2.33. The van der Waals surface area contributed by atoms with E-state index < -0.39 is 0 Å². The molecule has 0 heterocycles. The van der Waals surface area contributed by atoms with Crippen LogP contribution >= 0.6 is 11.6 Å². The molecule has 1 atom stereocenters. The quantitative estimate of drug-likeness (QED) is 0.427. The Morgan fingerprint density at radius 1 is 1.35 bits per heavy atom. The highest BCUT2D eigenvalue weighted by atomic mass is 35.5. The molecule has 0 bridgehead atoms. The molecule has 0 aliphatic rings. The van der Waals surface area contributed by atoms with Crippen molar-refractivity contribution in [3.8, 4) is 0 Å². The van der Waals surface area contributed by atoms with Gasteiger partial charge in [0.1, 0.15) is 0 Å². The SMILES string of the molecule is C=C(C)C(=O)OCC(CC)C(Cl)(CC)CC.N. The van der Waals surface area contributed by atoms with Gasteiger partial charge in [-0.3, -0.25) is 0 Å². The van der Waals surface area contributed by atoms with Crippen molar-refractivity contribution in [2.45, 2.75) is 51.8 Å². The van der Waals surface area contributed by atoms with Gasteiger partial charge < -0.3 is 10.9 Å². The Balaban J connectivity index is 0. The Labute approximate surface area is 110 Å². The van der Waals surface area contributed by atoms with Crippen LogP contribution in [0, 0.1) is 5.92 Å². The van der Waals surface area contributed by atoms with Crippen molar-refractivity contribution in [3.05, 3.63) is 12.2 Å². The zero-order chi connectivity index (χ0) is 12.8. The number of rotatable bonds is 7. The van der Waals surface area contributed by atoms with Crippen molar-refractivity contribution in [2.24, 2.45) is 5.92 Å². The van der Waals surface area contributed by atoms with Crippen molar-refractivity contribution in [1.82, 2.24) is 6.15 Å². The molecule has 4 heteroatoms. The van der Waals surface area contributed by atoms with Crippen LogP contribution in [0.5, 0.6) is 0 Å². The van der Waals surface area contributed by atoms with E-state index >= 15 is 0 Å². The molecule has 102 valence electrons. The lowest BCUT2D eigenvalue weighted by Gasteiger charge is -2.32. The van der Waals surface area contributed by atoms with Gasteiger partial charge in [0.05, 0.1) is 11.5 Å². The summed E-state index contributed by atoms with van der Waals surface area (Å²) < 4.78 is 5.18. The fourth-order valence-corrected chi connectivity index (χ4v) is 1.98. The largest absolute Gasteiger partial charge is 0.462 e. The van der Waals surface area contributed by atoms with Crippen LogP contribution in [-0.4, -0.2) is 17.5 Å². The summed E-state index contributed by atoms with van der Waals surface area (Å²) >= 11 is 6.52. The molecular weight excluding hydrogens is 238 g/mol. The summed E-state index contributed by atoms with van der Waals surface area (Å²) in [7, 11) is 0. The highest BCUT2D eigenvalue weighted by Crippen LogP contribution is 2.35. The summed E-state index contributed by atoms with van der Waals surface area (Å²) in [6.07, 6.45) is 2.68. The molecule has 0 aromatic carbocycles. The van der Waals surface area contributed by atoms with Crippen molar-refractivity contribution >= 4 is 17.6 Å². The van der Waals surface area contributed by atoms with Gasteiger partial charge in [-0.25, -0.2) is 4.79 Å². The Hall–Kier alpha value is -0.540. The molecule has 0 aliphatic heterocycles. The molecule has 1 unspecified atom stereocenters. The molecule has 0 aliphatic carbocycles. The predicted octanol–water partition coefficient (Wildman–Crippen LogP) is 4.09.